The molecule has 0 amide bonds. The zero-order valence-corrected chi connectivity index (χ0v) is 13.6. The van der Waals surface area contributed by atoms with Gasteiger partial charge in [0.2, 0.25) is 0 Å². The first-order chi connectivity index (χ1) is 9.11. The second-order valence-corrected chi connectivity index (χ2v) is 6.76. The van der Waals surface area contributed by atoms with Crippen molar-refractivity contribution in [3.05, 3.63) is 28.2 Å². The molecular formula is C16H25BrN2. The Morgan fingerprint density at radius 2 is 2.16 bits per heavy atom. The van der Waals surface area contributed by atoms with Gasteiger partial charge in [-0.3, -0.25) is 0 Å². The Morgan fingerprint density at radius 1 is 1.37 bits per heavy atom. The van der Waals surface area contributed by atoms with Gasteiger partial charge in [-0.05, 0) is 49.4 Å². The molecule has 3 heteroatoms. The Morgan fingerprint density at radius 3 is 2.84 bits per heavy atom. The van der Waals surface area contributed by atoms with Crippen LogP contribution in [0.5, 0.6) is 0 Å². The number of nitrogens with two attached hydrogens (primary N) is 1. The molecule has 0 heterocycles. The van der Waals surface area contributed by atoms with E-state index < -0.39 is 0 Å². The van der Waals surface area contributed by atoms with Gasteiger partial charge in [0.15, 0.2) is 0 Å². The van der Waals surface area contributed by atoms with E-state index in [1.807, 2.05) is 0 Å². The lowest BCUT2D eigenvalue weighted by Crippen LogP contribution is -2.36. The van der Waals surface area contributed by atoms with E-state index in [1.165, 1.54) is 36.9 Å². The molecule has 0 bridgehead atoms. The van der Waals surface area contributed by atoms with Crippen LogP contribution in [0.25, 0.3) is 0 Å². The number of hydrogen-bond acceptors (Lipinski definition) is 2. The van der Waals surface area contributed by atoms with Crippen molar-refractivity contribution in [3.63, 3.8) is 0 Å². The number of hydrogen-bond donors (Lipinski definition) is 1. The second-order valence-electron chi connectivity index (χ2n) is 5.85. The molecule has 0 saturated heterocycles. The summed E-state index contributed by atoms with van der Waals surface area (Å²) >= 11 is 3.59. The summed E-state index contributed by atoms with van der Waals surface area (Å²) in [6.45, 7) is 3.09. The highest BCUT2D eigenvalue weighted by Crippen LogP contribution is 2.32. The molecule has 1 aromatic carbocycles. The molecule has 2 atom stereocenters. The van der Waals surface area contributed by atoms with Crippen molar-refractivity contribution in [2.75, 3.05) is 18.5 Å². The van der Waals surface area contributed by atoms with Crippen LogP contribution in [-0.4, -0.2) is 19.6 Å². The third kappa shape index (κ3) is 3.73. The third-order valence-electron chi connectivity index (χ3n) is 4.30. The van der Waals surface area contributed by atoms with E-state index >= 15 is 0 Å². The van der Waals surface area contributed by atoms with Gasteiger partial charge in [-0.2, -0.15) is 0 Å². The monoisotopic (exact) mass is 324 g/mol. The fourth-order valence-electron chi connectivity index (χ4n) is 3.18. The smallest absolute Gasteiger partial charge is 0.0410 e. The van der Waals surface area contributed by atoms with E-state index in [4.69, 9.17) is 5.73 Å². The average molecular weight is 325 g/mol. The van der Waals surface area contributed by atoms with Gasteiger partial charge in [0, 0.05) is 23.2 Å². The number of rotatable bonds is 4. The molecule has 19 heavy (non-hydrogen) atoms. The molecule has 2 unspecified atom stereocenters. The molecule has 106 valence electrons. The van der Waals surface area contributed by atoms with Crippen LogP contribution >= 0.6 is 15.9 Å². The van der Waals surface area contributed by atoms with E-state index in [0.29, 0.717) is 12.6 Å². The highest BCUT2D eigenvalue weighted by molar-refractivity contribution is 9.10. The first-order valence-corrected chi connectivity index (χ1v) is 8.12. The maximum atomic E-state index is 5.74. The molecule has 1 aliphatic carbocycles. The summed E-state index contributed by atoms with van der Waals surface area (Å²) in [5.41, 5.74) is 8.45. The van der Waals surface area contributed by atoms with Gasteiger partial charge in [-0.1, -0.05) is 41.8 Å². The van der Waals surface area contributed by atoms with Crippen molar-refractivity contribution >= 4 is 21.6 Å². The molecule has 1 aliphatic rings. The SMILES string of the molecule is CC1CCCC(N(C)c2cc(Br)ccc2CCN)C1. The van der Waals surface area contributed by atoms with E-state index in [0.717, 1.165) is 16.8 Å². The lowest BCUT2D eigenvalue weighted by Gasteiger charge is -2.36. The number of benzene rings is 1. The minimum Gasteiger partial charge on any atom is -0.371 e. The van der Waals surface area contributed by atoms with E-state index in [1.54, 1.807) is 0 Å². The van der Waals surface area contributed by atoms with Gasteiger partial charge in [0.1, 0.15) is 0 Å². The fraction of sp³-hybridized carbons (Fsp3) is 0.625. The standard InChI is InChI=1S/C16H25BrN2/c1-12-4-3-5-15(10-12)19(2)16-11-14(17)7-6-13(16)8-9-18/h6-7,11-12,15H,3-5,8-10,18H2,1-2H3. The number of halogens is 1. The van der Waals surface area contributed by atoms with Crippen molar-refractivity contribution < 1.29 is 0 Å². The Balaban J connectivity index is 2.21. The molecule has 2 nitrogen and oxygen atoms in total. The van der Waals surface area contributed by atoms with Crippen molar-refractivity contribution in [2.45, 2.75) is 45.1 Å². The van der Waals surface area contributed by atoms with Crippen LogP contribution in [0.15, 0.2) is 22.7 Å². The van der Waals surface area contributed by atoms with Gasteiger partial charge in [-0.25, -0.2) is 0 Å². The molecule has 0 aromatic heterocycles. The normalized spacial score (nSPS) is 23.4. The largest absolute Gasteiger partial charge is 0.371 e. The molecule has 1 fully saturated rings. The zero-order chi connectivity index (χ0) is 13.8. The van der Waals surface area contributed by atoms with Crippen LogP contribution in [0.3, 0.4) is 0 Å². The van der Waals surface area contributed by atoms with E-state index in [2.05, 4.69) is 53.0 Å². The summed E-state index contributed by atoms with van der Waals surface area (Å²) in [7, 11) is 2.24. The summed E-state index contributed by atoms with van der Waals surface area (Å²) < 4.78 is 1.15. The Hall–Kier alpha value is -0.540. The summed E-state index contributed by atoms with van der Waals surface area (Å²) in [6.07, 6.45) is 6.32. The topological polar surface area (TPSA) is 29.3 Å². The predicted octanol–water partition coefficient (Wildman–Crippen LogP) is 3.97. The molecule has 0 radical (unpaired) electrons. The van der Waals surface area contributed by atoms with Crippen LogP contribution in [0.2, 0.25) is 0 Å². The molecule has 1 saturated carbocycles. The van der Waals surface area contributed by atoms with E-state index in [-0.39, 0.29) is 0 Å². The lowest BCUT2D eigenvalue weighted by molar-refractivity contribution is 0.336. The quantitative estimate of drug-likeness (QED) is 0.908. The minimum absolute atomic E-state index is 0.676. The van der Waals surface area contributed by atoms with Crippen molar-refractivity contribution in [1.29, 1.82) is 0 Å². The summed E-state index contributed by atoms with van der Waals surface area (Å²) in [6, 6.07) is 7.24. The predicted molar refractivity (Wildman–Crippen MR) is 86.7 cm³/mol. The van der Waals surface area contributed by atoms with Gasteiger partial charge in [-0.15, -0.1) is 0 Å². The van der Waals surface area contributed by atoms with Crippen LogP contribution in [0.4, 0.5) is 5.69 Å². The zero-order valence-electron chi connectivity index (χ0n) is 12.0. The van der Waals surface area contributed by atoms with E-state index in [9.17, 15) is 0 Å². The highest BCUT2D eigenvalue weighted by Gasteiger charge is 2.23. The Kier molecular flexibility index (Phi) is 5.28. The minimum atomic E-state index is 0.676. The highest BCUT2D eigenvalue weighted by atomic mass is 79.9. The second kappa shape index (κ2) is 6.76. The van der Waals surface area contributed by atoms with Crippen LogP contribution in [0.1, 0.15) is 38.2 Å². The molecule has 1 aromatic rings. The van der Waals surface area contributed by atoms with Gasteiger partial charge >= 0.3 is 0 Å². The maximum absolute atomic E-state index is 5.74. The number of anilines is 1. The fourth-order valence-corrected chi connectivity index (χ4v) is 3.53. The van der Waals surface area contributed by atoms with Crippen molar-refractivity contribution in [3.8, 4) is 0 Å². The molecule has 0 aliphatic heterocycles. The first-order valence-electron chi connectivity index (χ1n) is 7.33. The van der Waals surface area contributed by atoms with Crippen molar-refractivity contribution in [1.82, 2.24) is 0 Å². The van der Waals surface area contributed by atoms with Crippen LogP contribution in [0, 0.1) is 5.92 Å². The first kappa shape index (κ1) is 14.9. The van der Waals surface area contributed by atoms with Gasteiger partial charge < -0.3 is 10.6 Å². The van der Waals surface area contributed by atoms with Crippen LogP contribution < -0.4 is 10.6 Å². The van der Waals surface area contributed by atoms with Crippen molar-refractivity contribution in [2.24, 2.45) is 11.7 Å². The Labute approximate surface area is 125 Å². The summed E-state index contributed by atoms with van der Waals surface area (Å²) in [4.78, 5) is 2.48. The van der Waals surface area contributed by atoms with Crippen LogP contribution in [-0.2, 0) is 6.42 Å². The number of nitrogens with zero attached hydrogens (tertiary/aromatic N) is 1. The lowest BCUT2D eigenvalue weighted by atomic mass is 9.86. The van der Waals surface area contributed by atoms with Gasteiger partial charge in [0.25, 0.3) is 0 Å². The molecule has 2 N–H and O–H groups in total. The molecular weight excluding hydrogens is 300 g/mol. The maximum Gasteiger partial charge on any atom is 0.0410 e. The molecule has 2 rings (SSSR count). The molecule has 0 spiro atoms. The summed E-state index contributed by atoms with van der Waals surface area (Å²) in [5.74, 6) is 0.853. The third-order valence-corrected chi connectivity index (χ3v) is 4.79. The Bertz CT molecular complexity index is 419. The average Bonchev–Trinajstić information content (AvgIpc) is 2.40. The van der Waals surface area contributed by atoms with Gasteiger partial charge in [0.05, 0.1) is 0 Å². The summed E-state index contributed by atoms with van der Waals surface area (Å²) in [5, 5.41) is 0.